The second kappa shape index (κ2) is 6.21. The molecule has 3 rings (SSSR count). The number of nitrogen functional groups attached to an aromatic ring is 1. The third kappa shape index (κ3) is 3.48. The average Bonchev–Trinajstić information content (AvgIpc) is 2.89. The largest absolute Gasteiger partial charge is 0.382 e. The van der Waals surface area contributed by atoms with Gasteiger partial charge in [-0.05, 0) is 39.0 Å². The van der Waals surface area contributed by atoms with Crippen LogP contribution < -0.4 is 16.3 Å². The first kappa shape index (κ1) is 17.0. The van der Waals surface area contributed by atoms with E-state index >= 15 is 0 Å². The van der Waals surface area contributed by atoms with E-state index in [9.17, 15) is 4.79 Å². The van der Waals surface area contributed by atoms with Crippen LogP contribution in [0.1, 0.15) is 20.8 Å². The lowest BCUT2D eigenvalue weighted by atomic mass is 10.2. The molecule has 3 aromatic rings. The number of anilines is 2. The molecule has 8 heteroatoms. The van der Waals surface area contributed by atoms with Crippen LogP contribution in [0.5, 0.6) is 0 Å². The molecule has 0 atom stereocenters. The molecule has 0 fully saturated rings. The molecular weight excluding hydrogens is 320 g/mol. The van der Waals surface area contributed by atoms with E-state index in [-0.39, 0.29) is 17.1 Å². The average molecular weight is 342 g/mol. The number of fused-ring (bicyclic) bond motifs is 1. The number of nitrogens with zero attached hydrogens (tertiary/aromatic N) is 4. The monoisotopic (exact) mass is 342 g/mol. The van der Waals surface area contributed by atoms with Gasteiger partial charge in [-0.15, -0.1) is 0 Å². The Kier molecular flexibility index (Phi) is 4.22. The van der Waals surface area contributed by atoms with Crippen molar-refractivity contribution in [2.45, 2.75) is 26.4 Å². The Balaban J connectivity index is 1.99. The number of imidazole rings is 1. The van der Waals surface area contributed by atoms with Crippen molar-refractivity contribution in [1.82, 2.24) is 19.5 Å². The molecular formula is C17H22N6O2. The van der Waals surface area contributed by atoms with Gasteiger partial charge in [0.25, 0.3) is 0 Å². The number of H-pyrrole nitrogens is 1. The summed E-state index contributed by atoms with van der Waals surface area (Å²) in [7, 11) is 1.93. The first-order valence-electron chi connectivity index (χ1n) is 7.93. The van der Waals surface area contributed by atoms with E-state index in [4.69, 9.17) is 10.5 Å². The van der Waals surface area contributed by atoms with Gasteiger partial charge in [0.05, 0.1) is 11.3 Å². The molecule has 0 aliphatic heterocycles. The Labute approximate surface area is 145 Å². The van der Waals surface area contributed by atoms with Gasteiger partial charge in [-0.1, -0.05) is 6.07 Å². The van der Waals surface area contributed by atoms with Gasteiger partial charge < -0.3 is 20.4 Å². The van der Waals surface area contributed by atoms with Crippen molar-refractivity contribution in [3.05, 3.63) is 41.1 Å². The fourth-order valence-corrected chi connectivity index (χ4v) is 2.41. The maximum atomic E-state index is 12.4. The number of benzene rings is 1. The van der Waals surface area contributed by atoms with Crippen molar-refractivity contribution >= 4 is 22.7 Å². The zero-order chi connectivity index (χ0) is 18.2. The molecule has 8 nitrogen and oxygen atoms in total. The van der Waals surface area contributed by atoms with Crippen LogP contribution in [-0.4, -0.2) is 38.9 Å². The van der Waals surface area contributed by atoms with Gasteiger partial charge in [0.1, 0.15) is 18.6 Å². The topological polar surface area (TPSA) is 102 Å². The molecule has 0 spiro atoms. The number of hydrogen-bond donors (Lipinski definition) is 2. The lowest BCUT2D eigenvalue weighted by Gasteiger charge is -2.26. The summed E-state index contributed by atoms with van der Waals surface area (Å²) < 4.78 is 7.28. The Hall–Kier alpha value is -2.87. The first-order chi connectivity index (χ1) is 11.8. The van der Waals surface area contributed by atoms with E-state index in [0.29, 0.717) is 23.6 Å². The second-order valence-corrected chi connectivity index (χ2v) is 6.83. The van der Waals surface area contributed by atoms with Crippen LogP contribution in [0.15, 0.2) is 35.4 Å². The molecule has 3 N–H and O–H groups in total. The SMILES string of the molecule is CN(COC(C)(C)C)c1cccc(-n2c(=O)[nH]c3c(N)ncnc32)c1. The molecule has 1 aromatic carbocycles. The summed E-state index contributed by atoms with van der Waals surface area (Å²) in [6, 6.07) is 7.58. The number of rotatable bonds is 4. The van der Waals surface area contributed by atoms with Gasteiger partial charge in [0, 0.05) is 12.7 Å². The van der Waals surface area contributed by atoms with Crippen molar-refractivity contribution in [3.63, 3.8) is 0 Å². The molecule has 0 bridgehead atoms. The van der Waals surface area contributed by atoms with Crippen molar-refractivity contribution in [3.8, 4) is 5.69 Å². The van der Waals surface area contributed by atoms with Crippen LogP contribution in [0.3, 0.4) is 0 Å². The van der Waals surface area contributed by atoms with Gasteiger partial charge in [0.15, 0.2) is 11.5 Å². The number of nitrogens with one attached hydrogen (secondary N) is 1. The lowest BCUT2D eigenvalue weighted by Crippen LogP contribution is -2.29. The van der Waals surface area contributed by atoms with E-state index in [1.54, 1.807) is 0 Å². The van der Waals surface area contributed by atoms with Crippen molar-refractivity contribution < 1.29 is 4.74 Å². The molecule has 2 aromatic heterocycles. The highest BCUT2D eigenvalue weighted by atomic mass is 16.5. The summed E-state index contributed by atoms with van der Waals surface area (Å²) in [5, 5.41) is 0. The van der Waals surface area contributed by atoms with Crippen LogP contribution in [0.25, 0.3) is 16.9 Å². The smallest absolute Gasteiger partial charge is 0.332 e. The highest BCUT2D eigenvalue weighted by Gasteiger charge is 2.15. The van der Waals surface area contributed by atoms with E-state index in [2.05, 4.69) is 15.0 Å². The fraction of sp³-hybridized carbons (Fsp3) is 0.353. The van der Waals surface area contributed by atoms with Crippen molar-refractivity contribution in [2.75, 3.05) is 24.4 Å². The summed E-state index contributed by atoms with van der Waals surface area (Å²) in [5.74, 6) is 0.243. The summed E-state index contributed by atoms with van der Waals surface area (Å²) in [4.78, 5) is 25.1. The third-order valence-electron chi connectivity index (χ3n) is 3.72. The molecule has 132 valence electrons. The molecule has 0 aliphatic rings. The Bertz CT molecular complexity index is 954. The molecule has 0 aliphatic carbocycles. The van der Waals surface area contributed by atoms with Crippen LogP contribution in [-0.2, 0) is 4.74 Å². The summed E-state index contributed by atoms with van der Waals surface area (Å²) in [6.45, 7) is 6.46. The minimum absolute atomic E-state index is 0.228. The van der Waals surface area contributed by atoms with Gasteiger partial charge >= 0.3 is 5.69 Å². The number of aromatic nitrogens is 4. The highest BCUT2D eigenvalue weighted by molar-refractivity contribution is 5.82. The minimum Gasteiger partial charge on any atom is -0.382 e. The van der Waals surface area contributed by atoms with Gasteiger partial charge in [-0.25, -0.2) is 19.3 Å². The van der Waals surface area contributed by atoms with Crippen LogP contribution in [0.4, 0.5) is 11.5 Å². The Morgan fingerprint density at radius 2 is 2.08 bits per heavy atom. The molecule has 25 heavy (non-hydrogen) atoms. The van der Waals surface area contributed by atoms with E-state index in [1.807, 2.05) is 57.0 Å². The van der Waals surface area contributed by atoms with Gasteiger partial charge in [-0.3, -0.25) is 0 Å². The van der Waals surface area contributed by atoms with Gasteiger partial charge in [-0.2, -0.15) is 0 Å². The van der Waals surface area contributed by atoms with E-state index < -0.39 is 0 Å². The number of nitrogens with two attached hydrogens (primary N) is 1. The molecule has 0 unspecified atom stereocenters. The van der Waals surface area contributed by atoms with Gasteiger partial charge in [0.2, 0.25) is 0 Å². The summed E-state index contributed by atoms with van der Waals surface area (Å²) >= 11 is 0. The lowest BCUT2D eigenvalue weighted by molar-refractivity contribution is -0.000645. The Morgan fingerprint density at radius 3 is 2.80 bits per heavy atom. The van der Waals surface area contributed by atoms with Crippen molar-refractivity contribution in [2.24, 2.45) is 0 Å². The molecule has 0 amide bonds. The number of hydrogen-bond acceptors (Lipinski definition) is 6. The quantitative estimate of drug-likeness (QED) is 0.702. The predicted molar refractivity (Wildman–Crippen MR) is 98.0 cm³/mol. The maximum absolute atomic E-state index is 12.4. The molecule has 0 saturated carbocycles. The third-order valence-corrected chi connectivity index (χ3v) is 3.72. The summed E-state index contributed by atoms with van der Waals surface area (Å²) in [6.07, 6.45) is 1.34. The zero-order valence-corrected chi connectivity index (χ0v) is 14.8. The molecule has 0 saturated heterocycles. The predicted octanol–water partition coefficient (Wildman–Crippen LogP) is 1.90. The minimum atomic E-state index is -0.312. The Morgan fingerprint density at radius 1 is 1.32 bits per heavy atom. The van der Waals surface area contributed by atoms with Crippen LogP contribution in [0, 0.1) is 0 Å². The first-order valence-corrected chi connectivity index (χ1v) is 7.93. The zero-order valence-electron chi connectivity index (χ0n) is 14.8. The fourth-order valence-electron chi connectivity index (χ4n) is 2.41. The van der Waals surface area contributed by atoms with Crippen LogP contribution >= 0.6 is 0 Å². The maximum Gasteiger partial charge on any atom is 0.332 e. The number of aromatic amines is 1. The highest BCUT2D eigenvalue weighted by Crippen LogP contribution is 2.21. The van der Waals surface area contributed by atoms with E-state index in [1.165, 1.54) is 10.9 Å². The van der Waals surface area contributed by atoms with E-state index in [0.717, 1.165) is 5.69 Å². The molecule has 0 radical (unpaired) electrons. The second-order valence-electron chi connectivity index (χ2n) is 6.83. The molecule has 2 heterocycles. The van der Waals surface area contributed by atoms with Crippen molar-refractivity contribution in [1.29, 1.82) is 0 Å². The number of ether oxygens (including phenoxy) is 1. The van der Waals surface area contributed by atoms with Crippen LogP contribution in [0.2, 0.25) is 0 Å². The summed E-state index contributed by atoms with van der Waals surface area (Å²) in [5.41, 5.74) is 7.77. The normalized spacial score (nSPS) is 11.8. The standard InChI is InChI=1S/C17H22N6O2/c1-17(2,3)25-10-22(4)11-6-5-7-12(8-11)23-15-13(21-16(23)24)14(18)19-9-20-15/h5-9H,10H2,1-4H3,(H,21,24)(H2,18,19,20).